The molecule has 0 spiro atoms. The Labute approximate surface area is 109 Å². The molecule has 1 aliphatic heterocycles. The van der Waals surface area contributed by atoms with Crippen LogP contribution in [0.25, 0.3) is 0 Å². The lowest BCUT2D eigenvalue weighted by Crippen LogP contribution is -2.46. The van der Waals surface area contributed by atoms with Crippen LogP contribution in [-0.4, -0.2) is 49.8 Å². The molecule has 1 amide bonds. The van der Waals surface area contributed by atoms with E-state index in [1.54, 1.807) is 4.90 Å². The minimum Gasteiger partial charge on any atom is -0.394 e. The highest BCUT2D eigenvalue weighted by Crippen LogP contribution is 2.17. The Hall–Kier alpha value is -1.96. The Morgan fingerprint density at radius 1 is 1.58 bits per heavy atom. The number of carbonyl (C=O) groups is 1. The average Bonchev–Trinajstić information content (AvgIpc) is 2.87. The largest absolute Gasteiger partial charge is 0.394 e. The molecule has 1 aliphatic rings. The molecule has 0 aromatic carbocycles. The van der Waals surface area contributed by atoms with Gasteiger partial charge >= 0.3 is 5.69 Å². The Balaban J connectivity index is 2.00. The predicted octanol–water partition coefficient (Wildman–Crippen LogP) is 0.165. The summed E-state index contributed by atoms with van der Waals surface area (Å²) in [5, 5.41) is 23.6. The summed E-state index contributed by atoms with van der Waals surface area (Å²) in [7, 11) is 0. The van der Waals surface area contributed by atoms with Crippen molar-refractivity contribution in [2.24, 2.45) is 0 Å². The summed E-state index contributed by atoms with van der Waals surface area (Å²) >= 11 is 0. The number of hydrogen-bond acceptors (Lipinski definition) is 5. The predicted molar refractivity (Wildman–Crippen MR) is 65.3 cm³/mol. The van der Waals surface area contributed by atoms with Crippen LogP contribution in [0, 0.1) is 10.1 Å². The number of nitro groups is 1. The first kappa shape index (κ1) is 13.5. The fourth-order valence-corrected chi connectivity index (χ4v) is 2.28. The van der Waals surface area contributed by atoms with Gasteiger partial charge in [-0.3, -0.25) is 19.6 Å². The Morgan fingerprint density at radius 2 is 2.37 bits per heavy atom. The topological polar surface area (TPSA) is 102 Å². The minimum atomic E-state index is -0.550. The summed E-state index contributed by atoms with van der Waals surface area (Å²) in [5.74, 6) is -0.170. The van der Waals surface area contributed by atoms with Crippen LogP contribution in [-0.2, 0) is 11.3 Å². The second kappa shape index (κ2) is 5.79. The smallest absolute Gasteiger partial charge is 0.307 e. The summed E-state index contributed by atoms with van der Waals surface area (Å²) in [5.41, 5.74) is -0.134. The molecule has 1 unspecified atom stereocenters. The van der Waals surface area contributed by atoms with Crippen LogP contribution in [0.4, 0.5) is 5.69 Å². The lowest BCUT2D eigenvalue weighted by atomic mass is 10.0. The summed E-state index contributed by atoms with van der Waals surface area (Å²) < 4.78 is 1.25. The lowest BCUT2D eigenvalue weighted by Gasteiger charge is -2.34. The number of rotatable bonds is 4. The maximum Gasteiger partial charge on any atom is 0.307 e. The number of aliphatic hydroxyl groups excluding tert-OH is 1. The van der Waals surface area contributed by atoms with Crippen molar-refractivity contribution < 1.29 is 14.8 Å². The SMILES string of the molecule is O=C(Cn1cc([N+](=O)[O-])cn1)N1CCCCC1CO. The van der Waals surface area contributed by atoms with E-state index < -0.39 is 4.92 Å². The number of hydrogen-bond donors (Lipinski definition) is 1. The molecule has 1 aromatic heterocycles. The van der Waals surface area contributed by atoms with Crippen LogP contribution in [0.5, 0.6) is 0 Å². The van der Waals surface area contributed by atoms with Crippen molar-refractivity contribution in [3.05, 3.63) is 22.5 Å². The Bertz CT molecular complexity index is 473. The van der Waals surface area contributed by atoms with Gasteiger partial charge in [-0.15, -0.1) is 0 Å². The molecular formula is C11H16N4O4. The van der Waals surface area contributed by atoms with Gasteiger partial charge in [0.1, 0.15) is 18.9 Å². The number of piperidine rings is 1. The van der Waals surface area contributed by atoms with Crippen LogP contribution < -0.4 is 0 Å². The molecule has 8 heteroatoms. The fourth-order valence-electron chi connectivity index (χ4n) is 2.28. The quantitative estimate of drug-likeness (QED) is 0.619. The van der Waals surface area contributed by atoms with E-state index in [0.29, 0.717) is 6.54 Å². The average molecular weight is 268 g/mol. The molecule has 0 saturated carbocycles. The van der Waals surface area contributed by atoms with Crippen LogP contribution in [0.1, 0.15) is 19.3 Å². The van der Waals surface area contributed by atoms with E-state index in [1.165, 1.54) is 10.9 Å². The highest BCUT2D eigenvalue weighted by Gasteiger charge is 2.26. The first-order chi connectivity index (χ1) is 9.11. The van der Waals surface area contributed by atoms with Gasteiger partial charge in [0, 0.05) is 6.54 Å². The molecule has 1 N–H and O–H groups in total. The molecule has 1 saturated heterocycles. The number of likely N-dealkylation sites (tertiary alicyclic amines) is 1. The summed E-state index contributed by atoms with van der Waals surface area (Å²) in [6.07, 6.45) is 5.06. The molecular weight excluding hydrogens is 252 g/mol. The second-order valence-electron chi connectivity index (χ2n) is 4.57. The highest BCUT2D eigenvalue weighted by atomic mass is 16.6. The number of aromatic nitrogens is 2. The molecule has 104 valence electrons. The zero-order chi connectivity index (χ0) is 13.8. The second-order valence-corrected chi connectivity index (χ2v) is 4.57. The standard InChI is InChI=1S/C11H16N4O4/c16-8-9-3-1-2-4-14(9)11(17)7-13-6-10(5-12-13)15(18)19/h5-6,9,16H,1-4,7-8H2. The number of aliphatic hydroxyl groups is 1. The third kappa shape index (κ3) is 3.08. The molecule has 0 radical (unpaired) electrons. The van der Waals surface area contributed by atoms with Crippen molar-refractivity contribution in [3.8, 4) is 0 Å². The summed E-state index contributed by atoms with van der Waals surface area (Å²) in [4.78, 5) is 23.7. The van der Waals surface area contributed by atoms with Crippen molar-refractivity contribution in [2.75, 3.05) is 13.2 Å². The molecule has 19 heavy (non-hydrogen) atoms. The maximum absolute atomic E-state index is 12.1. The molecule has 1 atom stereocenters. The van der Waals surface area contributed by atoms with E-state index in [0.717, 1.165) is 25.5 Å². The van der Waals surface area contributed by atoms with Crippen LogP contribution in [0.2, 0.25) is 0 Å². The zero-order valence-electron chi connectivity index (χ0n) is 10.4. The maximum atomic E-state index is 12.1. The van der Waals surface area contributed by atoms with Crippen LogP contribution in [0.15, 0.2) is 12.4 Å². The zero-order valence-corrected chi connectivity index (χ0v) is 10.4. The third-order valence-corrected chi connectivity index (χ3v) is 3.29. The molecule has 8 nitrogen and oxygen atoms in total. The van der Waals surface area contributed by atoms with Gasteiger partial charge in [-0.2, -0.15) is 5.10 Å². The van der Waals surface area contributed by atoms with Crippen LogP contribution >= 0.6 is 0 Å². The first-order valence-electron chi connectivity index (χ1n) is 6.19. The minimum absolute atomic E-state index is 0.0374. The Kier molecular flexibility index (Phi) is 4.10. The van der Waals surface area contributed by atoms with Crippen molar-refractivity contribution in [1.29, 1.82) is 0 Å². The van der Waals surface area contributed by atoms with Crippen molar-refractivity contribution in [2.45, 2.75) is 31.8 Å². The molecule has 0 bridgehead atoms. The van der Waals surface area contributed by atoms with Gasteiger partial charge in [-0.25, -0.2) is 0 Å². The van der Waals surface area contributed by atoms with Gasteiger partial charge in [0.05, 0.1) is 17.6 Å². The number of nitrogens with zero attached hydrogens (tertiary/aromatic N) is 4. The van der Waals surface area contributed by atoms with Crippen molar-refractivity contribution in [3.63, 3.8) is 0 Å². The van der Waals surface area contributed by atoms with Gasteiger partial charge in [0.2, 0.25) is 5.91 Å². The number of amides is 1. The summed E-state index contributed by atoms with van der Waals surface area (Å²) in [6.45, 7) is 0.531. The van der Waals surface area contributed by atoms with Gasteiger partial charge in [0.25, 0.3) is 0 Å². The van der Waals surface area contributed by atoms with E-state index >= 15 is 0 Å². The van der Waals surface area contributed by atoms with Gasteiger partial charge in [-0.05, 0) is 19.3 Å². The number of carbonyl (C=O) groups excluding carboxylic acids is 1. The molecule has 2 rings (SSSR count). The fraction of sp³-hybridized carbons (Fsp3) is 0.636. The Morgan fingerprint density at radius 3 is 3.00 bits per heavy atom. The molecule has 2 heterocycles. The third-order valence-electron chi connectivity index (χ3n) is 3.29. The molecule has 0 aliphatic carbocycles. The van der Waals surface area contributed by atoms with E-state index in [4.69, 9.17) is 0 Å². The van der Waals surface area contributed by atoms with Gasteiger partial charge in [-0.1, -0.05) is 0 Å². The van der Waals surface area contributed by atoms with Crippen LogP contribution in [0.3, 0.4) is 0 Å². The summed E-state index contributed by atoms with van der Waals surface area (Å²) in [6, 6.07) is -0.146. The van der Waals surface area contributed by atoms with Crippen molar-refractivity contribution >= 4 is 11.6 Å². The molecule has 1 fully saturated rings. The monoisotopic (exact) mass is 268 g/mol. The van der Waals surface area contributed by atoms with E-state index in [9.17, 15) is 20.0 Å². The molecule has 1 aromatic rings. The normalized spacial score (nSPS) is 19.4. The van der Waals surface area contributed by atoms with E-state index in [-0.39, 0.29) is 30.8 Å². The van der Waals surface area contributed by atoms with E-state index in [1.807, 2.05) is 0 Å². The van der Waals surface area contributed by atoms with Crippen molar-refractivity contribution in [1.82, 2.24) is 14.7 Å². The first-order valence-corrected chi connectivity index (χ1v) is 6.19. The van der Waals surface area contributed by atoms with E-state index in [2.05, 4.69) is 5.10 Å². The highest BCUT2D eigenvalue weighted by molar-refractivity contribution is 5.76. The lowest BCUT2D eigenvalue weighted by molar-refractivity contribution is -0.385. The van der Waals surface area contributed by atoms with Gasteiger partial charge < -0.3 is 10.0 Å². The van der Waals surface area contributed by atoms with Gasteiger partial charge in [0.15, 0.2) is 0 Å².